The van der Waals surface area contributed by atoms with Crippen LogP contribution in [0.1, 0.15) is 16.7 Å². The van der Waals surface area contributed by atoms with E-state index in [2.05, 4.69) is 20.4 Å². The van der Waals surface area contributed by atoms with E-state index in [-0.39, 0.29) is 42.1 Å². The van der Waals surface area contributed by atoms with Crippen LogP contribution in [-0.4, -0.2) is 19.6 Å². The molecule has 0 fully saturated rings. The third kappa shape index (κ3) is 7.11. The zero-order valence-corrected chi connectivity index (χ0v) is 16.8. The molecule has 2 aromatic rings. The van der Waals surface area contributed by atoms with Gasteiger partial charge in [-0.05, 0) is 30.7 Å². The van der Waals surface area contributed by atoms with Crippen molar-refractivity contribution in [3.05, 3.63) is 65.0 Å². The lowest BCUT2D eigenvalue weighted by atomic mass is 10.1. The monoisotopic (exact) mass is 479 g/mol. The predicted octanol–water partition coefficient (Wildman–Crippen LogP) is 4.22. The summed E-state index contributed by atoms with van der Waals surface area (Å²) in [5.74, 6) is 0.276. The highest BCUT2D eigenvalue weighted by atomic mass is 127. The Hall–Kier alpha value is -1.97. The van der Waals surface area contributed by atoms with E-state index in [1.807, 2.05) is 6.92 Å². The van der Waals surface area contributed by atoms with E-state index >= 15 is 0 Å². The lowest BCUT2D eigenvalue weighted by Gasteiger charge is -2.15. The summed E-state index contributed by atoms with van der Waals surface area (Å²) in [6.07, 6.45) is 0. The standard InChI is InChI=1S/C18H20F3N3O.HI/c1-12-6-7-16(25-17(20)21)14(8-12)11-24-18(22-2)23-10-13-4-3-5-15(19)9-13;/h3-9,17H,10-11H2,1-2H3,(H2,22,23,24);1H. The van der Waals surface area contributed by atoms with Crippen LogP contribution in [0.2, 0.25) is 0 Å². The van der Waals surface area contributed by atoms with Gasteiger partial charge in [-0.25, -0.2) is 4.39 Å². The molecule has 0 saturated carbocycles. The van der Waals surface area contributed by atoms with Crippen molar-refractivity contribution >= 4 is 29.9 Å². The highest BCUT2D eigenvalue weighted by Crippen LogP contribution is 2.21. The molecule has 0 aliphatic rings. The maximum Gasteiger partial charge on any atom is 0.387 e. The molecule has 8 heteroatoms. The Bertz CT molecular complexity index is 741. The molecule has 2 rings (SSSR count). The molecule has 0 aliphatic heterocycles. The lowest BCUT2D eigenvalue weighted by Crippen LogP contribution is -2.36. The first kappa shape index (κ1) is 22.1. The van der Waals surface area contributed by atoms with Crippen molar-refractivity contribution in [1.29, 1.82) is 0 Å². The Morgan fingerprint density at radius 2 is 1.85 bits per heavy atom. The Morgan fingerprint density at radius 1 is 1.12 bits per heavy atom. The number of hydrogen-bond acceptors (Lipinski definition) is 2. The van der Waals surface area contributed by atoms with Crippen molar-refractivity contribution in [2.45, 2.75) is 26.6 Å². The van der Waals surface area contributed by atoms with Gasteiger partial charge in [-0.1, -0.05) is 29.8 Å². The SMILES string of the molecule is CN=C(NCc1cccc(F)c1)NCc1cc(C)ccc1OC(F)F.I. The van der Waals surface area contributed by atoms with Crippen LogP contribution in [0.3, 0.4) is 0 Å². The molecule has 0 amide bonds. The summed E-state index contributed by atoms with van der Waals surface area (Å²) in [7, 11) is 1.59. The molecule has 0 aliphatic carbocycles. The van der Waals surface area contributed by atoms with Crippen LogP contribution in [0, 0.1) is 12.7 Å². The van der Waals surface area contributed by atoms with Gasteiger partial charge < -0.3 is 15.4 Å². The summed E-state index contributed by atoms with van der Waals surface area (Å²) in [6, 6.07) is 11.2. The van der Waals surface area contributed by atoms with Crippen LogP contribution < -0.4 is 15.4 Å². The molecule has 0 atom stereocenters. The first-order valence-corrected chi connectivity index (χ1v) is 7.71. The Kier molecular flexibility index (Phi) is 9.25. The predicted molar refractivity (Wildman–Crippen MR) is 107 cm³/mol. The van der Waals surface area contributed by atoms with Gasteiger partial charge in [-0.2, -0.15) is 8.78 Å². The van der Waals surface area contributed by atoms with E-state index in [9.17, 15) is 13.2 Å². The number of guanidine groups is 1. The molecular weight excluding hydrogens is 458 g/mol. The summed E-state index contributed by atoms with van der Waals surface area (Å²) in [5, 5.41) is 6.07. The van der Waals surface area contributed by atoms with Gasteiger partial charge in [0.1, 0.15) is 11.6 Å². The topological polar surface area (TPSA) is 45.7 Å². The number of alkyl halides is 2. The number of rotatable bonds is 6. The molecule has 0 saturated heterocycles. The van der Waals surface area contributed by atoms with Gasteiger partial charge in [-0.15, -0.1) is 24.0 Å². The molecule has 4 nitrogen and oxygen atoms in total. The van der Waals surface area contributed by atoms with Crippen molar-refractivity contribution < 1.29 is 17.9 Å². The van der Waals surface area contributed by atoms with Gasteiger partial charge in [0.15, 0.2) is 5.96 Å². The number of aliphatic imine (C=N–C) groups is 1. The van der Waals surface area contributed by atoms with Crippen LogP contribution in [0.4, 0.5) is 13.2 Å². The minimum absolute atomic E-state index is 0. The fourth-order valence-corrected chi connectivity index (χ4v) is 2.29. The summed E-state index contributed by atoms with van der Waals surface area (Å²) in [4.78, 5) is 4.07. The average molecular weight is 479 g/mol. The molecule has 0 unspecified atom stereocenters. The average Bonchev–Trinajstić information content (AvgIpc) is 2.57. The van der Waals surface area contributed by atoms with Crippen molar-refractivity contribution in [1.82, 2.24) is 10.6 Å². The highest BCUT2D eigenvalue weighted by molar-refractivity contribution is 14.0. The van der Waals surface area contributed by atoms with Crippen LogP contribution in [0.25, 0.3) is 0 Å². The number of ether oxygens (including phenoxy) is 1. The molecule has 2 N–H and O–H groups in total. The van der Waals surface area contributed by atoms with Crippen molar-refractivity contribution in [2.24, 2.45) is 4.99 Å². The Morgan fingerprint density at radius 3 is 2.50 bits per heavy atom. The van der Waals surface area contributed by atoms with Gasteiger partial charge >= 0.3 is 6.61 Å². The molecule has 2 aromatic carbocycles. The van der Waals surface area contributed by atoms with Gasteiger partial charge in [0.2, 0.25) is 0 Å². The normalized spacial score (nSPS) is 11.1. The smallest absolute Gasteiger partial charge is 0.387 e. The van der Waals surface area contributed by atoms with E-state index in [0.717, 1.165) is 11.1 Å². The quantitative estimate of drug-likeness (QED) is 0.371. The highest BCUT2D eigenvalue weighted by Gasteiger charge is 2.10. The first-order chi connectivity index (χ1) is 12.0. The third-order valence-corrected chi connectivity index (χ3v) is 3.45. The van der Waals surface area contributed by atoms with E-state index in [1.54, 1.807) is 31.3 Å². The Labute approximate surface area is 167 Å². The van der Waals surface area contributed by atoms with Crippen molar-refractivity contribution in [3.8, 4) is 5.75 Å². The second-order valence-electron chi connectivity index (χ2n) is 5.40. The van der Waals surface area contributed by atoms with Crippen LogP contribution in [-0.2, 0) is 13.1 Å². The molecular formula is C18H21F3IN3O. The fraction of sp³-hybridized carbons (Fsp3) is 0.278. The summed E-state index contributed by atoms with van der Waals surface area (Å²) in [6.45, 7) is -0.378. The number of benzene rings is 2. The van der Waals surface area contributed by atoms with Crippen molar-refractivity contribution in [2.75, 3.05) is 7.05 Å². The molecule has 142 valence electrons. The second-order valence-corrected chi connectivity index (χ2v) is 5.40. The van der Waals surface area contributed by atoms with Gasteiger partial charge in [0.05, 0.1) is 0 Å². The van der Waals surface area contributed by atoms with Crippen LogP contribution >= 0.6 is 24.0 Å². The van der Waals surface area contributed by atoms with Gasteiger partial charge in [0, 0.05) is 25.7 Å². The van der Waals surface area contributed by atoms with E-state index in [1.165, 1.54) is 18.2 Å². The second kappa shape index (κ2) is 10.9. The number of halogens is 4. The molecule has 0 heterocycles. The number of aryl methyl sites for hydroxylation is 1. The molecule has 0 spiro atoms. The molecule has 0 aromatic heterocycles. The van der Waals surface area contributed by atoms with E-state index < -0.39 is 6.61 Å². The zero-order valence-electron chi connectivity index (χ0n) is 14.4. The summed E-state index contributed by atoms with van der Waals surface area (Å²) >= 11 is 0. The largest absolute Gasteiger partial charge is 0.434 e. The fourth-order valence-electron chi connectivity index (χ4n) is 2.29. The maximum absolute atomic E-state index is 13.2. The minimum atomic E-state index is -2.88. The van der Waals surface area contributed by atoms with E-state index in [0.29, 0.717) is 18.1 Å². The van der Waals surface area contributed by atoms with E-state index in [4.69, 9.17) is 0 Å². The van der Waals surface area contributed by atoms with Crippen molar-refractivity contribution in [3.63, 3.8) is 0 Å². The molecule has 0 radical (unpaired) electrons. The van der Waals surface area contributed by atoms with Crippen LogP contribution in [0.15, 0.2) is 47.5 Å². The molecule has 0 bridgehead atoms. The van der Waals surface area contributed by atoms with Crippen LogP contribution in [0.5, 0.6) is 5.75 Å². The summed E-state index contributed by atoms with van der Waals surface area (Å²) in [5.41, 5.74) is 2.29. The zero-order chi connectivity index (χ0) is 18.2. The third-order valence-electron chi connectivity index (χ3n) is 3.45. The maximum atomic E-state index is 13.2. The summed E-state index contributed by atoms with van der Waals surface area (Å²) < 4.78 is 42.7. The first-order valence-electron chi connectivity index (χ1n) is 7.71. The van der Waals surface area contributed by atoms with Gasteiger partial charge in [0.25, 0.3) is 0 Å². The number of nitrogens with zero attached hydrogens (tertiary/aromatic N) is 1. The lowest BCUT2D eigenvalue weighted by molar-refractivity contribution is -0.0504. The van der Waals surface area contributed by atoms with Gasteiger partial charge in [-0.3, -0.25) is 4.99 Å². The number of hydrogen-bond donors (Lipinski definition) is 2. The number of nitrogens with one attached hydrogen (secondary N) is 2. The Balaban J connectivity index is 0.00000338. The minimum Gasteiger partial charge on any atom is -0.434 e. The molecule has 26 heavy (non-hydrogen) atoms.